The van der Waals surface area contributed by atoms with Crippen LogP contribution in [0, 0.1) is 11.3 Å². The number of nitriles is 1. The van der Waals surface area contributed by atoms with Gasteiger partial charge in [-0.05, 0) is 68.4 Å². The van der Waals surface area contributed by atoms with E-state index in [2.05, 4.69) is 127 Å². The maximum atomic E-state index is 9.14. The van der Waals surface area contributed by atoms with E-state index in [-0.39, 0.29) is 0 Å². The van der Waals surface area contributed by atoms with E-state index in [0.717, 1.165) is 60.8 Å². The lowest BCUT2D eigenvalue weighted by Crippen LogP contribution is -1.96. The van der Waals surface area contributed by atoms with Crippen LogP contribution in [0.2, 0.25) is 0 Å². The van der Waals surface area contributed by atoms with Gasteiger partial charge in [-0.3, -0.25) is 0 Å². The number of para-hydroxylation sites is 1. The summed E-state index contributed by atoms with van der Waals surface area (Å²) in [6.45, 7) is 0. The topological polar surface area (TPSA) is 49.6 Å². The van der Waals surface area contributed by atoms with E-state index in [0.29, 0.717) is 11.4 Å². The average Bonchev–Trinajstić information content (AvgIpc) is 3.14. The van der Waals surface area contributed by atoms with Crippen molar-refractivity contribution >= 4 is 21.7 Å². The van der Waals surface area contributed by atoms with Gasteiger partial charge in [0.05, 0.1) is 22.8 Å². The molecule has 3 nitrogen and oxygen atoms in total. The highest BCUT2D eigenvalue weighted by Crippen LogP contribution is 2.37. The minimum absolute atomic E-state index is 0.662. The second-order valence-electron chi connectivity index (χ2n) is 11.3. The SMILES string of the molecule is N#Cc1ccc(-c2ccc(-c3ccc(-c4nc(-c5ccc(-c6ccccc6)cc5)c5ccccc5n4)c4ccccc34)cc2)cc1. The molecule has 0 aliphatic carbocycles. The lowest BCUT2D eigenvalue weighted by Gasteiger charge is -2.14. The summed E-state index contributed by atoms with van der Waals surface area (Å²) >= 11 is 0. The van der Waals surface area contributed by atoms with E-state index >= 15 is 0 Å². The molecule has 0 aliphatic rings. The first-order valence-corrected chi connectivity index (χ1v) is 15.3. The summed E-state index contributed by atoms with van der Waals surface area (Å²) in [5.74, 6) is 0.708. The highest BCUT2D eigenvalue weighted by molar-refractivity contribution is 6.05. The predicted molar refractivity (Wildman–Crippen MR) is 189 cm³/mol. The largest absolute Gasteiger partial charge is 0.228 e. The maximum Gasteiger partial charge on any atom is 0.161 e. The quantitative estimate of drug-likeness (QED) is 0.202. The van der Waals surface area contributed by atoms with Gasteiger partial charge in [-0.2, -0.15) is 5.26 Å². The maximum absolute atomic E-state index is 9.14. The third-order valence-electron chi connectivity index (χ3n) is 8.58. The van der Waals surface area contributed by atoms with Crippen molar-refractivity contribution in [2.24, 2.45) is 0 Å². The minimum Gasteiger partial charge on any atom is -0.228 e. The Hall–Kier alpha value is -6.37. The van der Waals surface area contributed by atoms with E-state index in [9.17, 15) is 0 Å². The zero-order valence-corrected chi connectivity index (χ0v) is 24.9. The van der Waals surface area contributed by atoms with Gasteiger partial charge in [0.2, 0.25) is 0 Å². The van der Waals surface area contributed by atoms with Crippen LogP contribution < -0.4 is 0 Å². The Kier molecular flexibility index (Phi) is 6.87. The summed E-state index contributed by atoms with van der Waals surface area (Å²) in [7, 11) is 0. The minimum atomic E-state index is 0.662. The molecule has 0 aliphatic heterocycles. The van der Waals surface area contributed by atoms with Crippen molar-refractivity contribution in [3.8, 4) is 62.1 Å². The number of hydrogen-bond donors (Lipinski definition) is 0. The first-order valence-electron chi connectivity index (χ1n) is 15.3. The Morgan fingerprint density at radius 1 is 0.370 bits per heavy atom. The van der Waals surface area contributed by atoms with Crippen LogP contribution in [0.3, 0.4) is 0 Å². The third kappa shape index (κ3) is 4.99. The molecule has 1 heterocycles. The average molecular weight is 586 g/mol. The van der Waals surface area contributed by atoms with Gasteiger partial charge in [0.1, 0.15) is 0 Å². The van der Waals surface area contributed by atoms with E-state index in [1.807, 2.05) is 42.5 Å². The van der Waals surface area contributed by atoms with Crippen LogP contribution in [-0.2, 0) is 0 Å². The van der Waals surface area contributed by atoms with Crippen LogP contribution in [0.25, 0.3) is 77.7 Å². The first kappa shape index (κ1) is 27.2. The second kappa shape index (κ2) is 11.6. The van der Waals surface area contributed by atoms with Crippen LogP contribution >= 0.6 is 0 Å². The molecule has 1 aromatic heterocycles. The van der Waals surface area contributed by atoms with E-state index in [4.69, 9.17) is 15.2 Å². The third-order valence-corrected chi connectivity index (χ3v) is 8.58. The molecule has 0 saturated carbocycles. The molecule has 0 unspecified atom stereocenters. The molecule has 7 aromatic carbocycles. The van der Waals surface area contributed by atoms with E-state index < -0.39 is 0 Å². The molecule has 0 saturated heterocycles. The zero-order valence-electron chi connectivity index (χ0n) is 24.9. The molecule has 46 heavy (non-hydrogen) atoms. The summed E-state index contributed by atoms with van der Waals surface area (Å²) < 4.78 is 0. The van der Waals surface area contributed by atoms with E-state index in [1.54, 1.807) is 0 Å². The fourth-order valence-electron chi connectivity index (χ4n) is 6.19. The highest BCUT2D eigenvalue weighted by atomic mass is 14.9. The molecule has 0 N–H and O–H groups in total. The van der Waals surface area contributed by atoms with E-state index in [1.165, 1.54) is 11.1 Å². The van der Waals surface area contributed by atoms with Crippen molar-refractivity contribution in [2.75, 3.05) is 0 Å². The molecular weight excluding hydrogens is 558 g/mol. The lowest BCUT2D eigenvalue weighted by molar-refractivity contribution is 1.23. The van der Waals surface area contributed by atoms with Crippen LogP contribution in [0.15, 0.2) is 164 Å². The molecule has 8 aromatic rings. The summed E-state index contributed by atoms with van der Waals surface area (Å²) in [5.41, 5.74) is 11.4. The Labute approximate surface area is 267 Å². The molecule has 0 spiro atoms. The highest BCUT2D eigenvalue weighted by Gasteiger charge is 2.15. The summed E-state index contributed by atoms with van der Waals surface area (Å²) in [6, 6.07) is 58.6. The number of nitrogens with zero attached hydrogens (tertiary/aromatic N) is 3. The molecule has 0 amide bonds. The van der Waals surface area contributed by atoms with Gasteiger partial charge in [0, 0.05) is 16.5 Å². The fourth-order valence-corrected chi connectivity index (χ4v) is 6.19. The van der Waals surface area contributed by atoms with Gasteiger partial charge in [0.25, 0.3) is 0 Å². The summed E-state index contributed by atoms with van der Waals surface area (Å²) in [6.07, 6.45) is 0. The van der Waals surface area contributed by atoms with Crippen molar-refractivity contribution in [3.05, 3.63) is 169 Å². The monoisotopic (exact) mass is 585 g/mol. The fraction of sp³-hybridized carbons (Fsp3) is 0. The van der Waals surface area contributed by atoms with Gasteiger partial charge in [-0.25, -0.2) is 9.97 Å². The number of rotatable bonds is 5. The van der Waals surface area contributed by atoms with Crippen molar-refractivity contribution in [1.82, 2.24) is 9.97 Å². The Morgan fingerprint density at radius 3 is 1.50 bits per heavy atom. The number of fused-ring (bicyclic) bond motifs is 2. The molecule has 0 atom stereocenters. The zero-order chi connectivity index (χ0) is 30.9. The van der Waals surface area contributed by atoms with Gasteiger partial charge in [-0.1, -0.05) is 140 Å². The van der Waals surface area contributed by atoms with Gasteiger partial charge in [-0.15, -0.1) is 0 Å². The molecule has 0 bridgehead atoms. The summed E-state index contributed by atoms with van der Waals surface area (Å²) in [5, 5.41) is 12.4. The van der Waals surface area contributed by atoms with Crippen molar-refractivity contribution in [3.63, 3.8) is 0 Å². The normalized spacial score (nSPS) is 11.0. The van der Waals surface area contributed by atoms with Crippen LogP contribution in [0.4, 0.5) is 0 Å². The second-order valence-corrected chi connectivity index (χ2v) is 11.3. The Balaban J connectivity index is 1.21. The Bertz CT molecular complexity index is 2390. The standard InChI is InChI=1S/C43H27N3/c44-28-29-14-16-31(17-15-29)33-18-22-34(23-19-33)36-26-27-39(38-11-5-4-10-37(36)38)43-45-41-13-7-6-12-40(41)42(46-43)35-24-20-32(21-25-35)30-8-2-1-3-9-30/h1-27H. The summed E-state index contributed by atoms with van der Waals surface area (Å²) in [4.78, 5) is 10.3. The van der Waals surface area contributed by atoms with Crippen molar-refractivity contribution in [2.45, 2.75) is 0 Å². The number of aromatic nitrogens is 2. The first-order chi connectivity index (χ1) is 22.7. The lowest BCUT2D eigenvalue weighted by atomic mass is 9.93. The van der Waals surface area contributed by atoms with Gasteiger partial charge >= 0.3 is 0 Å². The van der Waals surface area contributed by atoms with Gasteiger partial charge in [0.15, 0.2) is 5.82 Å². The molecule has 0 radical (unpaired) electrons. The molecular formula is C43H27N3. The number of hydrogen-bond acceptors (Lipinski definition) is 3. The predicted octanol–water partition coefficient (Wildman–Crippen LogP) is 11.0. The van der Waals surface area contributed by atoms with Crippen LogP contribution in [0.1, 0.15) is 5.56 Å². The molecule has 8 rings (SSSR count). The Morgan fingerprint density at radius 2 is 0.848 bits per heavy atom. The molecule has 0 fully saturated rings. The number of benzene rings is 7. The molecule has 214 valence electrons. The van der Waals surface area contributed by atoms with Crippen LogP contribution in [0.5, 0.6) is 0 Å². The van der Waals surface area contributed by atoms with Gasteiger partial charge < -0.3 is 0 Å². The smallest absolute Gasteiger partial charge is 0.161 e. The van der Waals surface area contributed by atoms with Crippen LogP contribution in [-0.4, -0.2) is 9.97 Å². The molecule has 3 heteroatoms. The van der Waals surface area contributed by atoms with Crippen molar-refractivity contribution in [1.29, 1.82) is 5.26 Å². The van der Waals surface area contributed by atoms with Crippen molar-refractivity contribution < 1.29 is 0 Å².